The zero-order chi connectivity index (χ0) is 58.7. The van der Waals surface area contributed by atoms with Gasteiger partial charge in [-0.1, -0.05) is 73.5 Å². The maximum atomic E-state index is 14.1. The molecule has 0 saturated carbocycles. The Hall–Kier alpha value is -7.50. The highest BCUT2D eigenvalue weighted by molar-refractivity contribution is 7.92. The Morgan fingerprint density at radius 2 is 1.15 bits per heavy atom. The smallest absolute Gasteiger partial charge is 0.312 e. The zero-order valence-electron chi connectivity index (χ0n) is 45.8. The maximum Gasteiger partial charge on any atom is 0.312 e. The number of sulfone groups is 2. The number of hydrogen-bond donors (Lipinski definition) is 7. The number of aryl methyl sites for hydroxylation is 2. The third-order valence-corrected chi connectivity index (χ3v) is 16.0. The third-order valence-electron chi connectivity index (χ3n) is 12.4. The molecular formula is C56H73N7O14S2. The number of nitrogens with two attached hydrogens (primary N) is 1. The van der Waals surface area contributed by atoms with Crippen LogP contribution in [0.1, 0.15) is 97.7 Å². The standard InChI is InChI=1S/C56H73N7O14S2/c1-35(2)48(53(69)62-45(10-9-29-59-55(57)71)52(68)60-42-21-15-38(16-22-42)32-77-54(70)56(5,6)7)63-47(64)28-27-46(51(67)58-30-31-76-8)61-50(66)40-19-17-39(18-20-40)49(65)41(33-78(72,73)43-23-11-36(3)12-24-43)34-79(74,75)44-25-13-37(4)14-26-44/h11-26,35,41,45-46,48H,9-10,27-34H2,1-8H3,(H,58,67)(H,60,68)(H,61,66)(H,62,69)(H,63,64)(H3,57,59,71)/t45-,46-,48-/m0/s1. The van der Waals surface area contributed by atoms with E-state index in [1.807, 2.05) is 0 Å². The van der Waals surface area contributed by atoms with E-state index in [0.29, 0.717) is 11.3 Å². The summed E-state index contributed by atoms with van der Waals surface area (Å²) in [7, 11) is -6.94. The summed E-state index contributed by atoms with van der Waals surface area (Å²) in [6, 6.07) is 19.0. The van der Waals surface area contributed by atoms with Crippen molar-refractivity contribution in [3.63, 3.8) is 0 Å². The number of benzene rings is 4. The summed E-state index contributed by atoms with van der Waals surface area (Å²) in [6.07, 6.45) is -0.363. The van der Waals surface area contributed by atoms with E-state index >= 15 is 0 Å². The van der Waals surface area contributed by atoms with E-state index in [9.17, 15) is 55.2 Å². The lowest BCUT2D eigenvalue weighted by molar-refractivity contribution is -0.154. The van der Waals surface area contributed by atoms with Crippen LogP contribution in [-0.4, -0.2) is 121 Å². The molecule has 0 heterocycles. The molecule has 0 aromatic heterocycles. The first-order valence-electron chi connectivity index (χ1n) is 25.6. The fourth-order valence-corrected chi connectivity index (χ4v) is 11.0. The summed E-state index contributed by atoms with van der Waals surface area (Å²) in [5.41, 5.74) is 7.02. The molecule has 0 aliphatic heterocycles. The molecule has 0 spiro atoms. The van der Waals surface area contributed by atoms with E-state index < -0.39 is 108 Å². The van der Waals surface area contributed by atoms with E-state index in [-0.39, 0.29) is 78.9 Å². The third kappa shape index (κ3) is 20.7. The van der Waals surface area contributed by atoms with Gasteiger partial charge in [-0.25, -0.2) is 21.6 Å². The Balaban J connectivity index is 1.48. The highest BCUT2D eigenvalue weighted by Gasteiger charge is 2.34. The van der Waals surface area contributed by atoms with Crippen molar-refractivity contribution in [3.05, 3.63) is 125 Å². The number of ketones is 1. The second kappa shape index (κ2) is 29.5. The Morgan fingerprint density at radius 1 is 0.620 bits per heavy atom. The number of ether oxygens (including phenoxy) is 2. The number of esters is 1. The van der Waals surface area contributed by atoms with Crippen molar-refractivity contribution in [2.24, 2.45) is 23.0 Å². The monoisotopic (exact) mass is 1130 g/mol. The first-order valence-corrected chi connectivity index (χ1v) is 28.9. The van der Waals surface area contributed by atoms with Gasteiger partial charge in [0, 0.05) is 43.4 Å². The summed E-state index contributed by atoms with van der Waals surface area (Å²) >= 11 is 0. The number of nitrogens with one attached hydrogen (secondary N) is 6. The molecule has 0 unspecified atom stereocenters. The molecule has 21 nitrogen and oxygen atoms in total. The fraction of sp³-hybridized carbons (Fsp3) is 0.429. The normalized spacial score (nSPS) is 12.8. The molecule has 428 valence electrons. The van der Waals surface area contributed by atoms with E-state index in [0.717, 1.165) is 11.1 Å². The van der Waals surface area contributed by atoms with Crippen LogP contribution < -0.4 is 37.6 Å². The van der Waals surface area contributed by atoms with E-state index in [1.165, 1.54) is 55.6 Å². The second-order valence-electron chi connectivity index (χ2n) is 20.5. The van der Waals surface area contributed by atoms with Crippen molar-refractivity contribution in [1.82, 2.24) is 26.6 Å². The number of carbonyl (C=O) groups is 8. The predicted octanol–water partition coefficient (Wildman–Crippen LogP) is 4.49. The van der Waals surface area contributed by atoms with Crippen LogP contribution in [-0.2, 0) is 59.7 Å². The highest BCUT2D eigenvalue weighted by atomic mass is 32.2. The van der Waals surface area contributed by atoms with Crippen molar-refractivity contribution in [2.45, 2.75) is 109 Å². The van der Waals surface area contributed by atoms with Crippen LogP contribution in [0.2, 0.25) is 0 Å². The molecule has 4 aromatic carbocycles. The first kappa shape index (κ1) is 64.0. The maximum absolute atomic E-state index is 14.1. The summed E-state index contributed by atoms with van der Waals surface area (Å²) in [5.74, 6) is -8.37. The quantitative estimate of drug-likeness (QED) is 0.0224. The summed E-state index contributed by atoms with van der Waals surface area (Å²) in [4.78, 5) is 106. The molecule has 3 atom stereocenters. The SMILES string of the molecule is COCCNC(=O)[C@H](CCC(=O)N[C@H](C(=O)N[C@@H](CCCNC(N)=O)C(=O)Nc1ccc(COC(=O)C(C)(C)C)cc1)C(C)C)NC(=O)c1ccc(C(=O)C(CS(=O)(=O)c2ccc(C)cc2)CS(=O)(=O)c2ccc(C)cc2)cc1. The minimum Gasteiger partial charge on any atom is -0.460 e. The van der Waals surface area contributed by atoms with Gasteiger partial charge >= 0.3 is 12.0 Å². The molecule has 7 amide bonds. The molecule has 4 rings (SSSR count). The predicted molar refractivity (Wildman–Crippen MR) is 296 cm³/mol. The number of amides is 7. The lowest BCUT2D eigenvalue weighted by Gasteiger charge is -2.26. The Labute approximate surface area is 462 Å². The molecule has 0 aliphatic rings. The minimum absolute atomic E-state index is 0.0141. The minimum atomic E-state index is -4.18. The first-order chi connectivity index (χ1) is 37.1. The lowest BCUT2D eigenvalue weighted by Crippen LogP contribution is -2.55. The van der Waals surface area contributed by atoms with Crippen LogP contribution in [0.3, 0.4) is 0 Å². The molecule has 79 heavy (non-hydrogen) atoms. The number of Topliss-reactive ketones (excluding diaryl/α,β-unsaturated/α-hetero) is 1. The molecule has 0 aliphatic carbocycles. The topological polar surface area (TPSA) is 321 Å². The van der Waals surface area contributed by atoms with Gasteiger partial charge in [0.05, 0.1) is 39.2 Å². The summed E-state index contributed by atoms with van der Waals surface area (Å²) < 4.78 is 65.0. The van der Waals surface area contributed by atoms with Gasteiger partial charge in [-0.3, -0.25) is 33.6 Å². The van der Waals surface area contributed by atoms with Gasteiger partial charge in [0.2, 0.25) is 23.6 Å². The number of methoxy groups -OCH3 is 1. The summed E-state index contributed by atoms with van der Waals surface area (Å²) in [6.45, 7) is 12.4. The number of anilines is 1. The second-order valence-corrected chi connectivity index (χ2v) is 24.5. The van der Waals surface area contributed by atoms with Gasteiger partial charge < -0.3 is 47.1 Å². The molecule has 0 bridgehead atoms. The number of carbonyl (C=O) groups excluding carboxylic acids is 8. The van der Waals surface area contributed by atoms with Crippen molar-refractivity contribution in [2.75, 3.05) is 43.6 Å². The average molecular weight is 1130 g/mol. The molecule has 0 radical (unpaired) electrons. The van der Waals surface area contributed by atoms with Crippen molar-refractivity contribution < 1.29 is 64.7 Å². The van der Waals surface area contributed by atoms with Crippen LogP contribution in [0.5, 0.6) is 0 Å². The van der Waals surface area contributed by atoms with Crippen molar-refractivity contribution >= 4 is 72.7 Å². The molecule has 8 N–H and O–H groups in total. The van der Waals surface area contributed by atoms with Gasteiger partial charge in [-0.05, 0) is 114 Å². The fourth-order valence-electron chi connectivity index (χ4n) is 7.73. The van der Waals surface area contributed by atoms with Crippen molar-refractivity contribution in [3.8, 4) is 0 Å². The van der Waals surface area contributed by atoms with E-state index in [1.54, 1.807) is 97.0 Å². The number of rotatable bonds is 29. The van der Waals surface area contributed by atoms with Gasteiger partial charge in [0.15, 0.2) is 25.5 Å². The molecule has 4 aromatic rings. The van der Waals surface area contributed by atoms with E-state index in [4.69, 9.17) is 15.2 Å². The van der Waals surface area contributed by atoms with Crippen molar-refractivity contribution in [1.29, 1.82) is 0 Å². The molecule has 0 fully saturated rings. The van der Waals surface area contributed by atoms with Crippen LogP contribution in [0.4, 0.5) is 10.5 Å². The van der Waals surface area contributed by atoms with Crippen LogP contribution in [0.25, 0.3) is 0 Å². The van der Waals surface area contributed by atoms with Gasteiger partial charge in [0.25, 0.3) is 5.91 Å². The Kier molecular flexibility index (Phi) is 23.9. The number of hydrogen-bond acceptors (Lipinski definition) is 14. The number of primary amides is 1. The van der Waals surface area contributed by atoms with E-state index in [2.05, 4.69) is 31.9 Å². The largest absolute Gasteiger partial charge is 0.460 e. The zero-order valence-corrected chi connectivity index (χ0v) is 47.4. The molecular weight excluding hydrogens is 1060 g/mol. The number of urea groups is 1. The average Bonchev–Trinajstić information content (AvgIpc) is 3.39. The Morgan fingerprint density at radius 3 is 1.66 bits per heavy atom. The van der Waals surface area contributed by atoms with Gasteiger partial charge in [0.1, 0.15) is 24.7 Å². The van der Waals surface area contributed by atoms with Crippen LogP contribution >= 0.6 is 0 Å². The van der Waals surface area contributed by atoms with Gasteiger partial charge in [-0.2, -0.15) is 0 Å². The highest BCUT2D eigenvalue weighted by Crippen LogP contribution is 2.24. The van der Waals surface area contributed by atoms with Crippen LogP contribution in [0, 0.1) is 31.1 Å². The molecule has 0 saturated heterocycles. The molecule has 23 heteroatoms. The lowest BCUT2D eigenvalue weighted by atomic mass is 9.97. The Bertz CT molecular complexity index is 2920. The summed E-state index contributed by atoms with van der Waals surface area (Å²) in [5, 5.41) is 15.8. The van der Waals surface area contributed by atoms with Crippen LogP contribution in [0.15, 0.2) is 107 Å². The van der Waals surface area contributed by atoms with Gasteiger partial charge in [-0.15, -0.1) is 0 Å².